The Labute approximate surface area is 89.5 Å². The predicted octanol–water partition coefficient (Wildman–Crippen LogP) is 2.03. The van der Waals surface area contributed by atoms with Crippen LogP contribution >= 0.6 is 27.5 Å². The van der Waals surface area contributed by atoms with E-state index in [1.54, 1.807) is 0 Å². The number of aromatic nitrogens is 2. The molecule has 1 aromatic rings. The van der Waals surface area contributed by atoms with Gasteiger partial charge in [-0.05, 0) is 34.0 Å². The van der Waals surface area contributed by atoms with E-state index >= 15 is 0 Å². The van der Waals surface area contributed by atoms with Crippen molar-refractivity contribution in [3.63, 3.8) is 0 Å². The normalized spacial score (nSPS) is 12.6. The van der Waals surface area contributed by atoms with Crippen molar-refractivity contribution in [2.45, 2.75) is 19.6 Å². The maximum Gasteiger partial charge on any atom is 0.224 e. The van der Waals surface area contributed by atoms with E-state index in [4.69, 9.17) is 11.6 Å². The van der Waals surface area contributed by atoms with Crippen LogP contribution in [0.15, 0.2) is 10.7 Å². The van der Waals surface area contributed by atoms with E-state index in [2.05, 4.69) is 31.2 Å². The van der Waals surface area contributed by atoms with Crippen LogP contribution in [-0.2, 0) is 0 Å². The summed E-state index contributed by atoms with van der Waals surface area (Å²) in [5.41, 5.74) is 0. The van der Waals surface area contributed by atoms with Gasteiger partial charge in [-0.3, -0.25) is 0 Å². The molecule has 6 heteroatoms. The number of anilines is 1. The Morgan fingerprint density at radius 1 is 1.77 bits per heavy atom. The van der Waals surface area contributed by atoms with Gasteiger partial charge in [-0.2, -0.15) is 4.98 Å². The lowest BCUT2D eigenvalue weighted by atomic mass is 10.4. The van der Waals surface area contributed by atoms with Crippen molar-refractivity contribution < 1.29 is 5.11 Å². The molecule has 4 nitrogen and oxygen atoms in total. The van der Waals surface area contributed by atoms with Crippen LogP contribution < -0.4 is 5.32 Å². The Kier molecular flexibility index (Phi) is 3.90. The highest BCUT2D eigenvalue weighted by molar-refractivity contribution is 9.10. The van der Waals surface area contributed by atoms with Crippen LogP contribution in [0.5, 0.6) is 0 Å². The number of rotatable bonds is 3. The molecule has 0 fully saturated rings. The van der Waals surface area contributed by atoms with E-state index < -0.39 is 6.23 Å². The molecule has 0 spiro atoms. The number of nitrogens with one attached hydrogen (secondary N) is 1. The molecule has 0 saturated carbocycles. The van der Waals surface area contributed by atoms with E-state index in [-0.39, 0.29) is 5.28 Å². The van der Waals surface area contributed by atoms with Crippen LogP contribution in [0.4, 0.5) is 5.82 Å². The van der Waals surface area contributed by atoms with Crippen molar-refractivity contribution in [1.29, 1.82) is 0 Å². The largest absolute Gasteiger partial charge is 0.374 e. The van der Waals surface area contributed by atoms with Gasteiger partial charge < -0.3 is 10.4 Å². The van der Waals surface area contributed by atoms with E-state index in [1.165, 1.54) is 6.20 Å². The third kappa shape index (κ3) is 3.10. The molecule has 1 heterocycles. The SMILES string of the molecule is CCC(O)Nc1nc(Cl)ncc1Br. The van der Waals surface area contributed by atoms with E-state index in [0.29, 0.717) is 16.7 Å². The van der Waals surface area contributed by atoms with Crippen LogP contribution in [-0.4, -0.2) is 21.3 Å². The second kappa shape index (κ2) is 4.74. The molecular weight excluding hydrogens is 257 g/mol. The molecule has 0 bridgehead atoms. The first-order chi connectivity index (χ1) is 6.13. The Hall–Kier alpha value is -0.390. The molecule has 0 aliphatic carbocycles. The first-order valence-electron chi connectivity index (χ1n) is 3.76. The van der Waals surface area contributed by atoms with Gasteiger partial charge in [-0.15, -0.1) is 0 Å². The second-order valence-electron chi connectivity index (χ2n) is 2.40. The number of nitrogens with zero attached hydrogens (tertiary/aromatic N) is 2. The summed E-state index contributed by atoms with van der Waals surface area (Å²) >= 11 is 8.81. The lowest BCUT2D eigenvalue weighted by Gasteiger charge is -2.11. The van der Waals surface area contributed by atoms with Crippen molar-refractivity contribution in [1.82, 2.24) is 9.97 Å². The fourth-order valence-corrected chi connectivity index (χ4v) is 1.15. The fourth-order valence-electron chi connectivity index (χ4n) is 0.707. The third-order valence-electron chi connectivity index (χ3n) is 1.40. The monoisotopic (exact) mass is 265 g/mol. The number of halogens is 2. The molecule has 0 saturated heterocycles. The van der Waals surface area contributed by atoms with Crippen LogP contribution in [0.25, 0.3) is 0 Å². The minimum Gasteiger partial charge on any atom is -0.374 e. The lowest BCUT2D eigenvalue weighted by Crippen LogP contribution is -2.18. The molecular formula is C7H9BrClN3O. The topological polar surface area (TPSA) is 58.0 Å². The zero-order valence-electron chi connectivity index (χ0n) is 6.96. The highest BCUT2D eigenvalue weighted by Gasteiger charge is 2.06. The van der Waals surface area contributed by atoms with Crippen molar-refractivity contribution in [3.8, 4) is 0 Å². The lowest BCUT2D eigenvalue weighted by molar-refractivity contribution is 0.199. The standard InChI is InChI=1S/C7H9BrClN3O/c1-2-5(13)11-6-4(8)3-10-7(9)12-6/h3,5,13H,2H2,1H3,(H,10,11,12). The highest BCUT2D eigenvalue weighted by Crippen LogP contribution is 2.20. The van der Waals surface area contributed by atoms with Gasteiger partial charge in [0.1, 0.15) is 12.0 Å². The van der Waals surface area contributed by atoms with Gasteiger partial charge in [0.2, 0.25) is 5.28 Å². The molecule has 1 atom stereocenters. The maximum absolute atomic E-state index is 9.29. The summed E-state index contributed by atoms with van der Waals surface area (Å²) in [6.45, 7) is 1.86. The summed E-state index contributed by atoms with van der Waals surface area (Å²) in [6.07, 6.45) is 1.50. The molecule has 0 amide bonds. The molecule has 1 unspecified atom stereocenters. The van der Waals surface area contributed by atoms with E-state index in [0.717, 1.165) is 0 Å². The van der Waals surface area contributed by atoms with Gasteiger partial charge >= 0.3 is 0 Å². The molecule has 2 N–H and O–H groups in total. The van der Waals surface area contributed by atoms with Crippen LogP contribution in [0, 0.1) is 0 Å². The second-order valence-corrected chi connectivity index (χ2v) is 3.60. The summed E-state index contributed by atoms with van der Waals surface area (Å²) in [5.74, 6) is 0.495. The van der Waals surface area contributed by atoms with E-state index in [9.17, 15) is 5.11 Å². The molecule has 1 aromatic heterocycles. The van der Waals surface area contributed by atoms with Gasteiger partial charge in [-0.1, -0.05) is 6.92 Å². The zero-order valence-corrected chi connectivity index (χ0v) is 9.30. The smallest absolute Gasteiger partial charge is 0.224 e. The molecule has 13 heavy (non-hydrogen) atoms. The zero-order chi connectivity index (χ0) is 9.84. The van der Waals surface area contributed by atoms with Gasteiger partial charge in [0.25, 0.3) is 0 Å². The minimum atomic E-state index is -0.623. The predicted molar refractivity (Wildman–Crippen MR) is 54.7 cm³/mol. The quantitative estimate of drug-likeness (QED) is 0.649. The number of hydrogen-bond donors (Lipinski definition) is 2. The summed E-state index contributed by atoms with van der Waals surface area (Å²) < 4.78 is 0.671. The molecule has 0 radical (unpaired) electrons. The summed E-state index contributed by atoms with van der Waals surface area (Å²) in [4.78, 5) is 7.66. The third-order valence-corrected chi connectivity index (χ3v) is 2.17. The summed E-state index contributed by atoms with van der Waals surface area (Å²) in [5, 5.41) is 12.2. The van der Waals surface area contributed by atoms with Gasteiger partial charge in [0.15, 0.2) is 0 Å². The van der Waals surface area contributed by atoms with Gasteiger partial charge in [0.05, 0.1) is 4.47 Å². The van der Waals surface area contributed by atoms with Crippen molar-refractivity contribution >= 4 is 33.3 Å². The first kappa shape index (κ1) is 10.7. The van der Waals surface area contributed by atoms with Gasteiger partial charge in [-0.25, -0.2) is 4.98 Å². The summed E-state index contributed by atoms with van der Waals surface area (Å²) in [6, 6.07) is 0. The van der Waals surface area contributed by atoms with Crippen molar-refractivity contribution in [2.24, 2.45) is 0 Å². The molecule has 1 rings (SSSR count). The van der Waals surface area contributed by atoms with Gasteiger partial charge in [0, 0.05) is 6.20 Å². The summed E-state index contributed by atoms with van der Waals surface area (Å²) in [7, 11) is 0. The number of hydrogen-bond acceptors (Lipinski definition) is 4. The van der Waals surface area contributed by atoms with E-state index in [1.807, 2.05) is 6.92 Å². The Balaban J connectivity index is 2.81. The Morgan fingerprint density at radius 3 is 3.08 bits per heavy atom. The van der Waals surface area contributed by atoms with Crippen LogP contribution in [0.2, 0.25) is 5.28 Å². The number of aliphatic hydroxyl groups excluding tert-OH is 1. The molecule has 0 aliphatic heterocycles. The van der Waals surface area contributed by atoms with Crippen LogP contribution in [0.1, 0.15) is 13.3 Å². The maximum atomic E-state index is 9.29. The van der Waals surface area contributed by atoms with Crippen LogP contribution in [0.3, 0.4) is 0 Å². The highest BCUT2D eigenvalue weighted by atomic mass is 79.9. The Bertz CT molecular complexity index is 297. The van der Waals surface area contributed by atoms with Crippen molar-refractivity contribution in [3.05, 3.63) is 16.0 Å². The minimum absolute atomic E-state index is 0.147. The average Bonchev–Trinajstić information content (AvgIpc) is 2.11. The molecule has 72 valence electrons. The fraction of sp³-hybridized carbons (Fsp3) is 0.429. The first-order valence-corrected chi connectivity index (χ1v) is 4.93. The number of aliphatic hydroxyl groups is 1. The van der Waals surface area contributed by atoms with Crippen molar-refractivity contribution in [2.75, 3.05) is 5.32 Å². The Morgan fingerprint density at radius 2 is 2.46 bits per heavy atom. The average molecular weight is 267 g/mol. The molecule has 0 aliphatic rings. The molecule has 0 aromatic carbocycles.